The molecule has 1 aliphatic heterocycles. The summed E-state index contributed by atoms with van der Waals surface area (Å²) in [6.45, 7) is 4.03. The fourth-order valence-corrected chi connectivity index (χ4v) is 3.78. The van der Waals surface area contributed by atoms with Gasteiger partial charge in [0.1, 0.15) is 0 Å². The van der Waals surface area contributed by atoms with E-state index >= 15 is 0 Å². The number of hydrogen-bond acceptors (Lipinski definition) is 3. The van der Waals surface area contributed by atoms with Gasteiger partial charge < -0.3 is 10.6 Å². The fourth-order valence-electron chi connectivity index (χ4n) is 3.78. The van der Waals surface area contributed by atoms with E-state index in [4.69, 9.17) is 0 Å². The Hall–Kier alpha value is -2.66. The van der Waals surface area contributed by atoms with Crippen LogP contribution in [0.25, 0.3) is 0 Å². The number of rotatable bonds is 7. The second kappa shape index (κ2) is 10.0. The predicted molar refractivity (Wildman–Crippen MR) is 112 cm³/mol. The number of piperidine rings is 1. The average Bonchev–Trinajstić information content (AvgIpc) is 2.74. The van der Waals surface area contributed by atoms with Gasteiger partial charge in [0.05, 0.1) is 12.0 Å². The molecule has 0 bridgehead atoms. The van der Waals surface area contributed by atoms with Crippen molar-refractivity contribution in [2.24, 2.45) is 5.92 Å². The molecule has 5 heteroatoms. The molecule has 1 saturated heterocycles. The van der Waals surface area contributed by atoms with E-state index in [0.29, 0.717) is 13.1 Å². The van der Waals surface area contributed by atoms with Crippen molar-refractivity contribution in [3.63, 3.8) is 0 Å². The van der Waals surface area contributed by atoms with Crippen LogP contribution in [0.1, 0.15) is 31.7 Å². The van der Waals surface area contributed by atoms with Crippen LogP contribution in [-0.4, -0.2) is 35.8 Å². The Morgan fingerprint density at radius 3 is 2.43 bits per heavy atom. The largest absolute Gasteiger partial charge is 0.351 e. The molecule has 2 N–H and O–H groups in total. The number of nitrogens with zero attached hydrogens (tertiary/aromatic N) is 1. The molecule has 2 atom stereocenters. The molecule has 0 saturated carbocycles. The van der Waals surface area contributed by atoms with Crippen LogP contribution in [-0.2, 0) is 16.1 Å². The first kappa shape index (κ1) is 20.1. The Bertz CT molecular complexity index is 764. The number of para-hydroxylation sites is 1. The Morgan fingerprint density at radius 2 is 1.75 bits per heavy atom. The molecule has 28 heavy (non-hydrogen) atoms. The van der Waals surface area contributed by atoms with E-state index in [-0.39, 0.29) is 23.8 Å². The quantitative estimate of drug-likeness (QED) is 0.775. The molecule has 0 spiro atoms. The lowest BCUT2D eigenvalue weighted by Gasteiger charge is -2.36. The zero-order valence-corrected chi connectivity index (χ0v) is 16.4. The first-order valence-electron chi connectivity index (χ1n) is 10.1. The zero-order valence-electron chi connectivity index (χ0n) is 16.4. The van der Waals surface area contributed by atoms with Crippen LogP contribution >= 0.6 is 0 Å². The third-order valence-corrected chi connectivity index (χ3v) is 5.30. The molecule has 3 rings (SSSR count). The van der Waals surface area contributed by atoms with Crippen LogP contribution in [0.15, 0.2) is 60.7 Å². The SMILES string of the molecule is CC[C@H](C(=O)NCc1ccccc1)N1CCC[C@H](C(=O)Nc2ccccc2)C1. The van der Waals surface area contributed by atoms with Gasteiger partial charge in [0, 0.05) is 18.8 Å². The van der Waals surface area contributed by atoms with E-state index < -0.39 is 0 Å². The summed E-state index contributed by atoms with van der Waals surface area (Å²) >= 11 is 0. The topological polar surface area (TPSA) is 61.4 Å². The molecule has 1 aliphatic rings. The molecule has 2 amide bonds. The maximum absolute atomic E-state index is 12.8. The number of amides is 2. The van der Waals surface area contributed by atoms with Crippen molar-refractivity contribution in [2.75, 3.05) is 18.4 Å². The average molecular weight is 380 g/mol. The molecule has 0 aromatic heterocycles. The summed E-state index contributed by atoms with van der Waals surface area (Å²) in [6.07, 6.45) is 2.51. The third-order valence-electron chi connectivity index (χ3n) is 5.30. The van der Waals surface area contributed by atoms with Crippen molar-refractivity contribution in [3.05, 3.63) is 66.2 Å². The van der Waals surface area contributed by atoms with Crippen LogP contribution in [0.4, 0.5) is 5.69 Å². The first-order chi connectivity index (χ1) is 13.7. The van der Waals surface area contributed by atoms with Gasteiger partial charge >= 0.3 is 0 Å². The number of benzene rings is 2. The third kappa shape index (κ3) is 5.42. The number of likely N-dealkylation sites (tertiary alicyclic amines) is 1. The number of nitrogens with one attached hydrogen (secondary N) is 2. The highest BCUT2D eigenvalue weighted by atomic mass is 16.2. The molecular formula is C23H29N3O2. The maximum atomic E-state index is 12.8. The van der Waals surface area contributed by atoms with Gasteiger partial charge in [0.15, 0.2) is 0 Å². The van der Waals surface area contributed by atoms with Crippen LogP contribution in [0.3, 0.4) is 0 Å². The Morgan fingerprint density at radius 1 is 1.07 bits per heavy atom. The summed E-state index contributed by atoms with van der Waals surface area (Å²) in [5, 5.41) is 6.05. The molecule has 148 valence electrons. The molecule has 0 aliphatic carbocycles. The fraction of sp³-hybridized carbons (Fsp3) is 0.391. The Balaban J connectivity index is 1.56. The van der Waals surface area contributed by atoms with Crippen LogP contribution < -0.4 is 10.6 Å². The number of carbonyl (C=O) groups excluding carboxylic acids is 2. The lowest BCUT2D eigenvalue weighted by molar-refractivity contribution is -0.130. The molecule has 5 nitrogen and oxygen atoms in total. The van der Waals surface area contributed by atoms with E-state index in [1.807, 2.05) is 67.6 Å². The molecule has 1 heterocycles. The van der Waals surface area contributed by atoms with E-state index in [9.17, 15) is 9.59 Å². The van der Waals surface area contributed by atoms with E-state index in [1.54, 1.807) is 0 Å². The summed E-state index contributed by atoms with van der Waals surface area (Å²) in [6, 6.07) is 19.3. The highest BCUT2D eigenvalue weighted by Gasteiger charge is 2.32. The normalized spacial score (nSPS) is 18.2. The van der Waals surface area contributed by atoms with Crippen molar-refractivity contribution < 1.29 is 9.59 Å². The van der Waals surface area contributed by atoms with E-state index in [2.05, 4.69) is 15.5 Å². The first-order valence-corrected chi connectivity index (χ1v) is 10.1. The van der Waals surface area contributed by atoms with Gasteiger partial charge in [-0.1, -0.05) is 55.5 Å². The second-order valence-electron chi connectivity index (χ2n) is 7.32. The smallest absolute Gasteiger partial charge is 0.237 e. The molecular weight excluding hydrogens is 350 g/mol. The molecule has 0 radical (unpaired) electrons. The van der Waals surface area contributed by atoms with E-state index in [0.717, 1.165) is 37.1 Å². The van der Waals surface area contributed by atoms with Crippen LogP contribution in [0.5, 0.6) is 0 Å². The summed E-state index contributed by atoms with van der Waals surface area (Å²) < 4.78 is 0. The Labute approximate surface area is 167 Å². The minimum absolute atomic E-state index is 0.0375. The van der Waals surface area contributed by atoms with Crippen molar-refractivity contribution in [3.8, 4) is 0 Å². The standard InChI is InChI=1S/C23H29N3O2/c1-2-21(23(28)24-16-18-10-5-3-6-11-18)26-15-9-12-19(17-26)22(27)25-20-13-7-4-8-14-20/h3-8,10-11,13-14,19,21H,2,9,12,15-17H2,1H3,(H,24,28)(H,25,27)/t19-,21+/m0/s1. The Kier molecular flexibility index (Phi) is 7.20. The summed E-state index contributed by atoms with van der Waals surface area (Å²) in [7, 11) is 0. The molecule has 2 aromatic rings. The van der Waals surface area contributed by atoms with Gasteiger partial charge in [-0.05, 0) is 43.5 Å². The van der Waals surface area contributed by atoms with Gasteiger partial charge in [-0.2, -0.15) is 0 Å². The molecule has 2 aromatic carbocycles. The predicted octanol–water partition coefficient (Wildman–Crippen LogP) is 3.43. The highest BCUT2D eigenvalue weighted by molar-refractivity contribution is 5.92. The van der Waals surface area contributed by atoms with E-state index in [1.165, 1.54) is 0 Å². The summed E-state index contributed by atoms with van der Waals surface area (Å²) in [5.74, 6) is -0.0177. The number of carbonyl (C=O) groups is 2. The summed E-state index contributed by atoms with van der Waals surface area (Å²) in [5.41, 5.74) is 1.90. The van der Waals surface area contributed by atoms with Crippen molar-refractivity contribution >= 4 is 17.5 Å². The number of anilines is 1. The van der Waals surface area contributed by atoms with Crippen molar-refractivity contribution in [1.29, 1.82) is 0 Å². The van der Waals surface area contributed by atoms with Crippen LogP contribution in [0, 0.1) is 5.92 Å². The van der Waals surface area contributed by atoms with Gasteiger partial charge in [0.25, 0.3) is 0 Å². The lowest BCUT2D eigenvalue weighted by atomic mass is 9.95. The zero-order chi connectivity index (χ0) is 19.8. The second-order valence-corrected chi connectivity index (χ2v) is 7.32. The lowest BCUT2D eigenvalue weighted by Crippen LogP contribution is -2.51. The van der Waals surface area contributed by atoms with Gasteiger partial charge in [-0.15, -0.1) is 0 Å². The minimum Gasteiger partial charge on any atom is -0.351 e. The summed E-state index contributed by atoms with van der Waals surface area (Å²) in [4.78, 5) is 27.6. The van der Waals surface area contributed by atoms with Crippen molar-refractivity contribution in [1.82, 2.24) is 10.2 Å². The van der Waals surface area contributed by atoms with Crippen LogP contribution in [0.2, 0.25) is 0 Å². The van der Waals surface area contributed by atoms with Gasteiger partial charge in [0.2, 0.25) is 11.8 Å². The highest BCUT2D eigenvalue weighted by Crippen LogP contribution is 2.21. The van der Waals surface area contributed by atoms with Gasteiger partial charge in [-0.3, -0.25) is 14.5 Å². The minimum atomic E-state index is -0.198. The van der Waals surface area contributed by atoms with Gasteiger partial charge in [-0.25, -0.2) is 0 Å². The molecule has 0 unspecified atom stereocenters. The maximum Gasteiger partial charge on any atom is 0.237 e. The molecule has 1 fully saturated rings. The monoisotopic (exact) mass is 379 g/mol. The number of hydrogen-bond donors (Lipinski definition) is 2. The van der Waals surface area contributed by atoms with Crippen molar-refractivity contribution in [2.45, 2.75) is 38.8 Å².